The number of amides is 1. The molecule has 1 amide bonds. The minimum Gasteiger partial charge on any atom is -0.494 e. The van der Waals surface area contributed by atoms with E-state index >= 15 is 0 Å². The lowest BCUT2D eigenvalue weighted by Crippen LogP contribution is -2.16. The molecule has 27 heavy (non-hydrogen) atoms. The Balaban J connectivity index is 1.54. The quantitative estimate of drug-likeness (QED) is 0.678. The average molecular weight is 383 g/mol. The van der Waals surface area contributed by atoms with Crippen molar-refractivity contribution in [1.29, 1.82) is 0 Å². The highest BCUT2D eigenvalue weighted by molar-refractivity contribution is 7.99. The molecular weight excluding hydrogens is 362 g/mol. The summed E-state index contributed by atoms with van der Waals surface area (Å²) in [4.78, 5) is 28.8. The lowest BCUT2D eigenvalue weighted by atomic mass is 10.3. The largest absolute Gasteiger partial charge is 0.494 e. The van der Waals surface area contributed by atoms with Gasteiger partial charge < -0.3 is 10.1 Å². The van der Waals surface area contributed by atoms with Crippen LogP contribution in [-0.2, 0) is 10.5 Å². The Bertz CT molecular complexity index is 1000. The van der Waals surface area contributed by atoms with Crippen molar-refractivity contribution < 1.29 is 9.53 Å². The number of carbonyl (C=O) groups excluding carboxylic acids is 1. The fourth-order valence-electron chi connectivity index (χ4n) is 2.58. The van der Waals surface area contributed by atoms with Crippen LogP contribution in [0.2, 0.25) is 0 Å². The van der Waals surface area contributed by atoms with Gasteiger partial charge >= 0.3 is 0 Å². The number of ether oxygens (including phenoxy) is 1. The van der Waals surface area contributed by atoms with Crippen molar-refractivity contribution in [1.82, 2.24) is 9.38 Å². The molecule has 0 saturated heterocycles. The Morgan fingerprint density at radius 1 is 1.22 bits per heavy atom. The molecule has 1 aromatic carbocycles. The van der Waals surface area contributed by atoms with E-state index in [1.54, 1.807) is 18.3 Å². The third-order valence-electron chi connectivity index (χ3n) is 3.79. The highest BCUT2D eigenvalue weighted by Gasteiger charge is 2.06. The van der Waals surface area contributed by atoms with Crippen LogP contribution in [-0.4, -0.2) is 27.7 Å². The number of hydrogen-bond donors (Lipinski definition) is 1. The molecule has 0 aliphatic rings. The van der Waals surface area contributed by atoms with Gasteiger partial charge in [-0.3, -0.25) is 14.0 Å². The third kappa shape index (κ3) is 5.10. The van der Waals surface area contributed by atoms with Crippen LogP contribution in [0.1, 0.15) is 18.2 Å². The number of thioether (sulfide) groups is 1. The monoisotopic (exact) mass is 383 g/mol. The van der Waals surface area contributed by atoms with Crippen molar-refractivity contribution in [2.75, 3.05) is 17.7 Å². The van der Waals surface area contributed by atoms with Gasteiger partial charge in [0.2, 0.25) is 5.91 Å². The van der Waals surface area contributed by atoms with Crippen LogP contribution in [0.25, 0.3) is 5.65 Å². The molecule has 7 heteroatoms. The van der Waals surface area contributed by atoms with Crippen LogP contribution < -0.4 is 15.6 Å². The van der Waals surface area contributed by atoms with Gasteiger partial charge in [0.25, 0.3) is 5.56 Å². The number of rotatable bonds is 7. The van der Waals surface area contributed by atoms with E-state index in [1.807, 2.05) is 38.1 Å². The second-order valence-electron chi connectivity index (χ2n) is 6.02. The first-order valence-corrected chi connectivity index (χ1v) is 9.80. The maximum absolute atomic E-state index is 12.2. The first-order valence-electron chi connectivity index (χ1n) is 8.64. The first kappa shape index (κ1) is 19.0. The molecule has 0 spiro atoms. The molecule has 0 bridgehead atoms. The summed E-state index contributed by atoms with van der Waals surface area (Å²) in [5.41, 5.74) is 2.89. The molecular formula is C20H21N3O3S. The summed E-state index contributed by atoms with van der Waals surface area (Å²) in [6.07, 6.45) is 1.77. The van der Waals surface area contributed by atoms with Gasteiger partial charge in [-0.25, -0.2) is 4.98 Å². The van der Waals surface area contributed by atoms with Gasteiger partial charge in [-0.15, -0.1) is 11.8 Å². The van der Waals surface area contributed by atoms with E-state index < -0.39 is 0 Å². The van der Waals surface area contributed by atoms with Gasteiger partial charge in [-0.2, -0.15) is 0 Å². The number of hydrogen-bond acceptors (Lipinski definition) is 5. The number of pyridine rings is 1. The highest BCUT2D eigenvalue weighted by Crippen LogP contribution is 2.16. The van der Waals surface area contributed by atoms with Gasteiger partial charge in [-0.05, 0) is 49.7 Å². The molecule has 3 rings (SSSR count). The molecule has 140 valence electrons. The molecule has 0 aliphatic carbocycles. The SMILES string of the molecule is CCOc1ccc(NC(=O)CSCc2cc(=O)n3cc(C)ccc3n2)cc1. The van der Waals surface area contributed by atoms with Crippen molar-refractivity contribution in [3.63, 3.8) is 0 Å². The Kier molecular flexibility index (Phi) is 6.13. The van der Waals surface area contributed by atoms with Crippen LogP contribution in [0.4, 0.5) is 5.69 Å². The van der Waals surface area contributed by atoms with E-state index in [1.165, 1.54) is 22.2 Å². The van der Waals surface area contributed by atoms with Crippen molar-refractivity contribution in [3.05, 3.63) is 70.3 Å². The predicted molar refractivity (Wildman–Crippen MR) is 109 cm³/mol. The maximum atomic E-state index is 12.2. The lowest BCUT2D eigenvalue weighted by Gasteiger charge is -2.07. The molecule has 3 aromatic rings. The maximum Gasteiger partial charge on any atom is 0.258 e. The van der Waals surface area contributed by atoms with E-state index in [0.29, 0.717) is 23.7 Å². The number of nitrogens with zero attached hydrogens (tertiary/aromatic N) is 2. The average Bonchev–Trinajstić information content (AvgIpc) is 2.64. The topological polar surface area (TPSA) is 72.7 Å². The minimum atomic E-state index is -0.113. The summed E-state index contributed by atoms with van der Waals surface area (Å²) >= 11 is 1.42. The van der Waals surface area contributed by atoms with Gasteiger partial charge in [-0.1, -0.05) is 6.07 Å². The fraction of sp³-hybridized carbons (Fsp3) is 0.250. The number of aryl methyl sites for hydroxylation is 1. The standard InChI is InChI=1S/C20H21N3O3S/c1-3-26-17-7-5-15(6-8-17)22-19(24)13-27-12-16-10-20(25)23-11-14(2)4-9-18(23)21-16/h4-11H,3,12-13H2,1-2H3,(H,22,24). The Hall–Kier alpha value is -2.80. The summed E-state index contributed by atoms with van der Waals surface area (Å²) in [7, 11) is 0. The number of nitrogens with one attached hydrogen (secondary N) is 1. The van der Waals surface area contributed by atoms with Gasteiger partial charge in [0.05, 0.1) is 18.1 Å². The second kappa shape index (κ2) is 8.73. The smallest absolute Gasteiger partial charge is 0.258 e. The van der Waals surface area contributed by atoms with E-state index in [-0.39, 0.29) is 17.2 Å². The van der Waals surface area contributed by atoms with Gasteiger partial charge in [0.15, 0.2) is 0 Å². The zero-order chi connectivity index (χ0) is 19.2. The van der Waals surface area contributed by atoms with E-state index in [4.69, 9.17) is 4.74 Å². The van der Waals surface area contributed by atoms with Crippen LogP contribution in [0, 0.1) is 6.92 Å². The van der Waals surface area contributed by atoms with Crippen molar-refractivity contribution in [2.45, 2.75) is 19.6 Å². The summed E-state index contributed by atoms with van der Waals surface area (Å²) < 4.78 is 6.91. The fourth-order valence-corrected chi connectivity index (χ4v) is 3.30. The van der Waals surface area contributed by atoms with Gasteiger partial charge in [0, 0.05) is 23.7 Å². The highest BCUT2D eigenvalue weighted by atomic mass is 32.2. The van der Waals surface area contributed by atoms with E-state index in [0.717, 1.165) is 17.0 Å². The van der Waals surface area contributed by atoms with Gasteiger partial charge in [0.1, 0.15) is 11.4 Å². The molecule has 2 heterocycles. The van der Waals surface area contributed by atoms with Crippen molar-refractivity contribution in [2.24, 2.45) is 0 Å². The van der Waals surface area contributed by atoms with Crippen molar-refractivity contribution in [3.8, 4) is 5.75 Å². The molecule has 0 fully saturated rings. The molecule has 0 radical (unpaired) electrons. The van der Waals surface area contributed by atoms with Crippen LogP contribution >= 0.6 is 11.8 Å². The predicted octanol–water partition coefficient (Wildman–Crippen LogP) is 3.27. The molecule has 1 N–H and O–H groups in total. The minimum absolute atomic E-state index is 0.0997. The zero-order valence-electron chi connectivity index (χ0n) is 15.3. The Labute approximate surface area is 161 Å². The van der Waals surface area contributed by atoms with Crippen molar-refractivity contribution >= 4 is 29.0 Å². The Morgan fingerprint density at radius 2 is 2.00 bits per heavy atom. The second-order valence-corrected chi connectivity index (χ2v) is 7.00. The van der Waals surface area contributed by atoms with Crippen LogP contribution in [0.3, 0.4) is 0 Å². The molecule has 0 atom stereocenters. The number of carbonyl (C=O) groups is 1. The number of fused-ring (bicyclic) bond motifs is 1. The zero-order valence-corrected chi connectivity index (χ0v) is 16.1. The van der Waals surface area contributed by atoms with Crippen LogP contribution in [0.5, 0.6) is 5.75 Å². The van der Waals surface area contributed by atoms with Crippen LogP contribution in [0.15, 0.2) is 53.5 Å². The molecule has 6 nitrogen and oxygen atoms in total. The summed E-state index contributed by atoms with van der Waals surface area (Å²) in [5, 5.41) is 2.84. The third-order valence-corrected chi connectivity index (χ3v) is 4.76. The number of aromatic nitrogens is 2. The first-order chi connectivity index (χ1) is 13.0. The molecule has 0 aliphatic heterocycles. The summed E-state index contributed by atoms with van der Waals surface area (Å²) in [6, 6.07) is 12.5. The normalized spacial score (nSPS) is 10.7. The molecule has 0 unspecified atom stereocenters. The Morgan fingerprint density at radius 3 is 2.74 bits per heavy atom. The number of benzene rings is 1. The summed E-state index contributed by atoms with van der Waals surface area (Å²) in [5.74, 6) is 1.45. The number of anilines is 1. The van der Waals surface area contributed by atoms with E-state index in [9.17, 15) is 9.59 Å². The summed E-state index contributed by atoms with van der Waals surface area (Å²) in [6.45, 7) is 4.46. The lowest BCUT2D eigenvalue weighted by molar-refractivity contribution is -0.113. The molecule has 2 aromatic heterocycles. The van der Waals surface area contributed by atoms with E-state index in [2.05, 4.69) is 10.3 Å². The molecule has 0 saturated carbocycles.